The van der Waals surface area contributed by atoms with E-state index in [0.717, 1.165) is 41.9 Å². The Morgan fingerprint density at radius 2 is 2.00 bits per heavy atom. The van der Waals surface area contributed by atoms with Crippen molar-refractivity contribution in [3.05, 3.63) is 46.2 Å². The molecule has 2 aromatic rings. The van der Waals surface area contributed by atoms with Crippen molar-refractivity contribution >= 4 is 17.2 Å². The first-order valence-corrected chi connectivity index (χ1v) is 7.82. The molecule has 0 saturated heterocycles. The summed E-state index contributed by atoms with van der Waals surface area (Å²) in [6, 6.07) is 10.6. The van der Waals surface area contributed by atoms with Crippen LogP contribution >= 0.6 is 11.3 Å². The number of nitrogens with two attached hydrogens (primary N) is 1. The van der Waals surface area contributed by atoms with Gasteiger partial charge < -0.3 is 11.1 Å². The zero-order chi connectivity index (χ0) is 14.4. The number of nitrogen functional groups attached to an aromatic ring is 1. The molecule has 0 aliphatic carbocycles. The minimum atomic E-state index is 0.143. The SMILES string of the molecule is CCNCCCc1ccc(-c2ccsc2C(=N)N)cc1. The predicted octanol–water partition coefficient (Wildman–Crippen LogP) is 3.24. The van der Waals surface area contributed by atoms with Gasteiger partial charge in [-0.05, 0) is 48.5 Å². The van der Waals surface area contributed by atoms with Gasteiger partial charge in [-0.3, -0.25) is 5.41 Å². The Bertz CT molecular complexity index is 557. The highest BCUT2D eigenvalue weighted by atomic mass is 32.1. The summed E-state index contributed by atoms with van der Waals surface area (Å²) in [6.07, 6.45) is 2.25. The number of nitrogens with one attached hydrogen (secondary N) is 2. The summed E-state index contributed by atoms with van der Waals surface area (Å²) in [5, 5.41) is 12.9. The molecular formula is C16H21N3S. The largest absolute Gasteiger partial charge is 0.383 e. The summed E-state index contributed by atoms with van der Waals surface area (Å²) in [5.74, 6) is 0.143. The molecule has 0 atom stereocenters. The van der Waals surface area contributed by atoms with Crippen LogP contribution in [0.1, 0.15) is 23.8 Å². The van der Waals surface area contributed by atoms with E-state index in [-0.39, 0.29) is 5.84 Å². The highest BCUT2D eigenvalue weighted by Crippen LogP contribution is 2.28. The maximum atomic E-state index is 7.60. The second kappa shape index (κ2) is 7.22. The minimum Gasteiger partial charge on any atom is -0.383 e. The summed E-state index contributed by atoms with van der Waals surface area (Å²) in [6.45, 7) is 4.23. The maximum Gasteiger partial charge on any atom is 0.133 e. The molecule has 20 heavy (non-hydrogen) atoms. The van der Waals surface area contributed by atoms with Crippen LogP contribution in [0.15, 0.2) is 35.7 Å². The molecule has 0 spiro atoms. The van der Waals surface area contributed by atoms with Crippen LogP contribution in [-0.4, -0.2) is 18.9 Å². The topological polar surface area (TPSA) is 61.9 Å². The van der Waals surface area contributed by atoms with Crippen LogP contribution in [0.2, 0.25) is 0 Å². The molecule has 3 nitrogen and oxygen atoms in total. The normalized spacial score (nSPS) is 10.7. The fourth-order valence-electron chi connectivity index (χ4n) is 2.19. The molecule has 0 fully saturated rings. The van der Waals surface area contributed by atoms with E-state index < -0.39 is 0 Å². The van der Waals surface area contributed by atoms with Crippen LogP contribution in [-0.2, 0) is 6.42 Å². The standard InChI is InChI=1S/C16H21N3S/c1-2-19-10-3-4-12-5-7-13(8-6-12)14-9-11-20-15(14)16(17)18/h5-9,11,19H,2-4,10H2,1H3,(H3,17,18). The van der Waals surface area contributed by atoms with Gasteiger partial charge in [0.25, 0.3) is 0 Å². The average molecular weight is 287 g/mol. The Labute approximate surface area is 124 Å². The van der Waals surface area contributed by atoms with Gasteiger partial charge in [0, 0.05) is 5.56 Å². The van der Waals surface area contributed by atoms with Gasteiger partial charge in [-0.2, -0.15) is 0 Å². The molecule has 0 bridgehead atoms. The summed E-state index contributed by atoms with van der Waals surface area (Å²) < 4.78 is 0. The van der Waals surface area contributed by atoms with Gasteiger partial charge in [0.15, 0.2) is 0 Å². The van der Waals surface area contributed by atoms with Crippen LogP contribution < -0.4 is 11.1 Å². The Morgan fingerprint density at radius 3 is 2.65 bits per heavy atom. The minimum absolute atomic E-state index is 0.143. The van der Waals surface area contributed by atoms with Gasteiger partial charge >= 0.3 is 0 Å². The second-order valence-electron chi connectivity index (χ2n) is 4.73. The lowest BCUT2D eigenvalue weighted by Crippen LogP contribution is -2.14. The van der Waals surface area contributed by atoms with Gasteiger partial charge in [0.05, 0.1) is 4.88 Å². The van der Waals surface area contributed by atoms with Gasteiger partial charge in [-0.15, -0.1) is 11.3 Å². The van der Waals surface area contributed by atoms with Gasteiger partial charge in [0.2, 0.25) is 0 Å². The fraction of sp³-hybridized carbons (Fsp3) is 0.312. The number of hydrogen-bond donors (Lipinski definition) is 3. The molecule has 0 aliphatic rings. The van der Waals surface area contributed by atoms with Gasteiger partial charge in [-0.25, -0.2) is 0 Å². The van der Waals surface area contributed by atoms with E-state index >= 15 is 0 Å². The zero-order valence-corrected chi connectivity index (χ0v) is 12.6. The third-order valence-corrected chi connectivity index (χ3v) is 4.19. The molecule has 2 rings (SSSR count). The Hall–Kier alpha value is -1.65. The van der Waals surface area contributed by atoms with Crippen LogP contribution in [0.4, 0.5) is 0 Å². The first-order chi connectivity index (χ1) is 9.72. The smallest absolute Gasteiger partial charge is 0.133 e. The molecule has 0 radical (unpaired) electrons. The Morgan fingerprint density at radius 1 is 1.25 bits per heavy atom. The predicted molar refractivity (Wildman–Crippen MR) is 87.6 cm³/mol. The number of thiophene rings is 1. The molecule has 0 unspecified atom stereocenters. The summed E-state index contributed by atoms with van der Waals surface area (Å²) >= 11 is 1.52. The van der Waals surface area contributed by atoms with Crippen molar-refractivity contribution in [1.82, 2.24) is 5.32 Å². The molecular weight excluding hydrogens is 266 g/mol. The highest BCUT2D eigenvalue weighted by molar-refractivity contribution is 7.12. The van der Waals surface area contributed by atoms with Crippen molar-refractivity contribution in [2.75, 3.05) is 13.1 Å². The van der Waals surface area contributed by atoms with Crippen molar-refractivity contribution < 1.29 is 0 Å². The molecule has 0 aliphatic heterocycles. The number of amidine groups is 1. The lowest BCUT2D eigenvalue weighted by atomic mass is 10.0. The lowest BCUT2D eigenvalue weighted by Gasteiger charge is -2.06. The van der Waals surface area contributed by atoms with Crippen molar-refractivity contribution in [3.8, 4) is 11.1 Å². The average Bonchev–Trinajstić information content (AvgIpc) is 2.94. The van der Waals surface area contributed by atoms with E-state index in [1.54, 1.807) is 0 Å². The fourth-order valence-corrected chi connectivity index (χ4v) is 2.97. The number of hydrogen-bond acceptors (Lipinski definition) is 3. The Kier molecular flexibility index (Phi) is 5.32. The van der Waals surface area contributed by atoms with E-state index in [9.17, 15) is 0 Å². The number of aryl methyl sites for hydroxylation is 1. The summed E-state index contributed by atoms with van der Waals surface area (Å²) in [4.78, 5) is 0.852. The van der Waals surface area contributed by atoms with Crippen LogP contribution in [0.25, 0.3) is 11.1 Å². The first kappa shape index (κ1) is 14.8. The molecule has 1 aromatic heterocycles. The maximum absolute atomic E-state index is 7.60. The van der Waals surface area contributed by atoms with Crippen molar-refractivity contribution in [2.45, 2.75) is 19.8 Å². The van der Waals surface area contributed by atoms with Crippen LogP contribution in [0.3, 0.4) is 0 Å². The molecule has 1 heterocycles. The van der Waals surface area contributed by atoms with Gasteiger partial charge in [-0.1, -0.05) is 31.2 Å². The Balaban J connectivity index is 2.04. The highest BCUT2D eigenvalue weighted by Gasteiger charge is 2.08. The first-order valence-electron chi connectivity index (χ1n) is 6.94. The molecule has 0 amide bonds. The molecule has 1 aromatic carbocycles. The molecule has 0 saturated carbocycles. The van der Waals surface area contributed by atoms with E-state index in [0.29, 0.717) is 0 Å². The van der Waals surface area contributed by atoms with Crippen molar-refractivity contribution in [1.29, 1.82) is 5.41 Å². The number of rotatable bonds is 7. The number of benzene rings is 1. The summed E-state index contributed by atoms with van der Waals surface area (Å²) in [7, 11) is 0. The van der Waals surface area contributed by atoms with E-state index in [4.69, 9.17) is 11.1 Å². The van der Waals surface area contributed by atoms with Crippen molar-refractivity contribution in [3.63, 3.8) is 0 Å². The van der Waals surface area contributed by atoms with E-state index in [2.05, 4.69) is 36.5 Å². The van der Waals surface area contributed by atoms with Crippen LogP contribution in [0.5, 0.6) is 0 Å². The van der Waals surface area contributed by atoms with Crippen LogP contribution in [0, 0.1) is 5.41 Å². The van der Waals surface area contributed by atoms with E-state index in [1.807, 2.05) is 11.4 Å². The molecule has 4 heteroatoms. The molecule has 4 N–H and O–H groups in total. The lowest BCUT2D eigenvalue weighted by molar-refractivity contribution is 0.673. The van der Waals surface area contributed by atoms with Crippen molar-refractivity contribution in [2.24, 2.45) is 5.73 Å². The monoisotopic (exact) mass is 287 g/mol. The summed E-state index contributed by atoms with van der Waals surface area (Å²) in [5.41, 5.74) is 9.15. The third-order valence-electron chi connectivity index (χ3n) is 3.24. The quantitative estimate of drug-likeness (QED) is 0.416. The van der Waals surface area contributed by atoms with E-state index in [1.165, 1.54) is 16.9 Å². The third kappa shape index (κ3) is 3.68. The second-order valence-corrected chi connectivity index (χ2v) is 5.65. The molecule has 106 valence electrons. The zero-order valence-electron chi connectivity index (χ0n) is 11.8. The van der Waals surface area contributed by atoms with Gasteiger partial charge in [0.1, 0.15) is 5.84 Å².